The van der Waals surface area contributed by atoms with Gasteiger partial charge >= 0.3 is 67.8 Å². The summed E-state index contributed by atoms with van der Waals surface area (Å²) in [6.07, 6.45) is 3.98. The molecular formula is C13H11Fe2O8-. The van der Waals surface area contributed by atoms with Crippen molar-refractivity contribution >= 4 is 5.97 Å². The molecule has 8 nitrogen and oxygen atoms in total. The predicted octanol–water partition coefficient (Wildman–Crippen LogP) is 1.39. The number of aliphatic carboxylic acids is 1. The molecule has 0 heterocycles. The molecule has 0 rings (SSSR count). The van der Waals surface area contributed by atoms with Gasteiger partial charge in [-0.2, -0.15) is 0 Å². The molecule has 0 radical (unpaired) electrons. The summed E-state index contributed by atoms with van der Waals surface area (Å²) >= 11 is 0. The van der Waals surface area contributed by atoms with E-state index in [0.717, 1.165) is 0 Å². The quantitative estimate of drug-likeness (QED) is 0.325. The van der Waals surface area contributed by atoms with E-state index in [1.54, 1.807) is 0 Å². The molecule has 0 atom stereocenters. The summed E-state index contributed by atoms with van der Waals surface area (Å²) in [6, 6.07) is 0. The SMILES string of the molecule is CC[C-]=C(CC)C(=O)O.[C-]#[O+].[C-]#[O+].[C-]#[O+].[C-]#[O+].[C-]#[O+].[C-]#[O+].[Fe].[Fe]. The molecule has 0 aromatic rings. The third kappa shape index (κ3) is 122. The van der Waals surface area contributed by atoms with Crippen LogP contribution in [0.3, 0.4) is 0 Å². The van der Waals surface area contributed by atoms with Crippen molar-refractivity contribution in [1.29, 1.82) is 0 Å². The van der Waals surface area contributed by atoms with Gasteiger partial charge in [-0.3, -0.25) is 6.08 Å². The maximum atomic E-state index is 10.2. The van der Waals surface area contributed by atoms with E-state index in [9.17, 15) is 4.79 Å². The Labute approximate surface area is 156 Å². The van der Waals surface area contributed by atoms with Crippen LogP contribution >= 0.6 is 0 Å². The van der Waals surface area contributed by atoms with Gasteiger partial charge in [-0.25, -0.2) is 0 Å². The maximum absolute atomic E-state index is 10.2. The molecule has 0 fully saturated rings. The fourth-order valence-corrected chi connectivity index (χ4v) is 0.565. The number of hydrogen-bond acceptors (Lipinski definition) is 1. The molecule has 0 unspecified atom stereocenters. The minimum absolute atomic E-state index is 0. The molecule has 0 bridgehead atoms. The molecule has 0 aliphatic rings. The van der Waals surface area contributed by atoms with Gasteiger partial charge in [-0.05, 0) is 0 Å². The first-order valence-corrected chi connectivity index (χ1v) is 4.27. The van der Waals surface area contributed by atoms with Crippen LogP contribution in [0.2, 0.25) is 0 Å². The summed E-state index contributed by atoms with van der Waals surface area (Å²) in [5.41, 5.74) is 0.387. The fraction of sp³-hybridized carbons (Fsp3) is 0.308. The summed E-state index contributed by atoms with van der Waals surface area (Å²) in [5, 5.41) is 8.40. The number of carboxylic acid groups (broad SMARTS) is 1. The molecule has 0 aromatic heterocycles. The summed E-state index contributed by atoms with van der Waals surface area (Å²) in [7, 11) is 0. The van der Waals surface area contributed by atoms with Crippen LogP contribution in [0.5, 0.6) is 0 Å². The molecule has 10 heteroatoms. The summed E-state index contributed by atoms with van der Waals surface area (Å²) in [4.78, 5) is 10.2. The first kappa shape index (κ1) is 57.7. The van der Waals surface area contributed by atoms with E-state index in [1.165, 1.54) is 0 Å². The van der Waals surface area contributed by atoms with E-state index in [-0.39, 0.29) is 34.1 Å². The van der Waals surface area contributed by atoms with Crippen LogP contribution in [0.4, 0.5) is 0 Å². The topological polar surface area (TPSA) is 157 Å². The van der Waals surface area contributed by atoms with Gasteiger partial charge in [0.25, 0.3) is 0 Å². The van der Waals surface area contributed by atoms with Gasteiger partial charge < -0.3 is 9.90 Å². The van der Waals surface area contributed by atoms with Crippen molar-refractivity contribution in [2.24, 2.45) is 0 Å². The average molecular weight is 407 g/mol. The zero-order valence-electron chi connectivity index (χ0n) is 11.9. The number of carboxylic acids is 1. The van der Waals surface area contributed by atoms with Gasteiger partial charge in [0.2, 0.25) is 0 Å². The van der Waals surface area contributed by atoms with E-state index in [4.69, 9.17) is 33.0 Å². The standard InChI is InChI=1S/C7H11O2.6CO.2Fe/c1-3-5-6(4-2)7(8)9;6*1-2;;/h3-4H2,1-2H3,(H,8,9);;;;;;;;/q-1;;;;;;;;. The largest absolute Gasteiger partial charge is 0 e. The molecule has 0 saturated heterocycles. The first-order chi connectivity index (χ1) is 10.2. The van der Waals surface area contributed by atoms with Crippen molar-refractivity contribution in [2.75, 3.05) is 0 Å². The summed E-state index contributed by atoms with van der Waals surface area (Å²) in [6.45, 7) is 30.7. The Morgan fingerprint density at radius 2 is 1.00 bits per heavy atom. The van der Waals surface area contributed by atoms with Crippen molar-refractivity contribution in [2.45, 2.75) is 26.7 Å². The molecule has 0 saturated carbocycles. The normalized spacial score (nSPS) is 5.04. The van der Waals surface area contributed by atoms with Crippen LogP contribution in [0.15, 0.2) is 5.57 Å². The molecule has 23 heavy (non-hydrogen) atoms. The van der Waals surface area contributed by atoms with E-state index >= 15 is 0 Å². The van der Waals surface area contributed by atoms with Crippen LogP contribution in [0.25, 0.3) is 0 Å². The van der Waals surface area contributed by atoms with Gasteiger partial charge in [-0.15, -0.1) is 12.0 Å². The number of allylic oxidation sites excluding steroid dienone is 1. The Kier molecular flexibility index (Phi) is 340. The van der Waals surface area contributed by atoms with Crippen molar-refractivity contribution in [3.05, 3.63) is 51.6 Å². The van der Waals surface area contributed by atoms with Crippen LogP contribution < -0.4 is 0 Å². The number of rotatable bonds is 3. The van der Waals surface area contributed by atoms with E-state index in [2.05, 4.69) is 46.0 Å². The number of hydrogen-bond donors (Lipinski definition) is 1. The molecule has 0 amide bonds. The zero-order chi connectivity index (χ0) is 19.3. The first-order valence-electron chi connectivity index (χ1n) is 4.27. The molecule has 0 aromatic carbocycles. The second-order valence-electron chi connectivity index (χ2n) is 1.67. The Morgan fingerprint density at radius 3 is 1.04 bits per heavy atom. The second-order valence-corrected chi connectivity index (χ2v) is 1.67. The molecular weight excluding hydrogens is 396 g/mol. The molecule has 1 N–H and O–H groups in total. The van der Waals surface area contributed by atoms with Gasteiger partial charge in [0.15, 0.2) is 5.97 Å². The molecule has 128 valence electrons. The summed E-state index contributed by atoms with van der Waals surface area (Å²) in [5.74, 6) is -0.848. The van der Waals surface area contributed by atoms with Crippen molar-refractivity contribution in [1.82, 2.24) is 0 Å². The monoisotopic (exact) mass is 407 g/mol. The molecule has 0 aliphatic heterocycles. The van der Waals surface area contributed by atoms with E-state index in [0.29, 0.717) is 18.4 Å². The Hall–Kier alpha value is -1.31. The van der Waals surface area contributed by atoms with E-state index in [1.807, 2.05) is 13.8 Å². The molecule has 0 aliphatic carbocycles. The maximum Gasteiger partial charge on any atom is 0 e. The third-order valence-electron chi connectivity index (χ3n) is 1.00. The van der Waals surface area contributed by atoms with Gasteiger partial charge in [0, 0.05) is 34.1 Å². The van der Waals surface area contributed by atoms with Crippen LogP contribution in [0.1, 0.15) is 26.7 Å². The second kappa shape index (κ2) is 136. The van der Waals surface area contributed by atoms with Crippen molar-refractivity contribution in [3.63, 3.8) is 0 Å². The van der Waals surface area contributed by atoms with E-state index < -0.39 is 5.97 Å². The average Bonchev–Trinajstić information content (AvgIpc) is 2.63. The fourth-order valence-electron chi connectivity index (χ4n) is 0.565. The number of carbonyl (C=O) groups is 1. The zero-order valence-corrected chi connectivity index (χ0v) is 14.1. The Morgan fingerprint density at radius 1 is 0.783 bits per heavy atom. The van der Waals surface area contributed by atoms with Crippen molar-refractivity contribution in [3.8, 4) is 0 Å². The van der Waals surface area contributed by atoms with Gasteiger partial charge in [0.05, 0.1) is 0 Å². The smallest absolute Gasteiger partial charge is 0 e. The van der Waals surface area contributed by atoms with Crippen molar-refractivity contribution < 1.29 is 72.0 Å². The van der Waals surface area contributed by atoms with Crippen LogP contribution in [-0.2, 0) is 66.8 Å². The van der Waals surface area contributed by atoms with Gasteiger partial charge in [0.1, 0.15) is 0 Å². The van der Waals surface area contributed by atoms with Gasteiger partial charge in [-0.1, -0.05) is 20.3 Å². The third-order valence-corrected chi connectivity index (χ3v) is 1.00. The minimum Gasteiger partial charge on any atom is 0 e. The predicted molar refractivity (Wildman–Crippen MR) is 58.6 cm³/mol. The van der Waals surface area contributed by atoms with Crippen LogP contribution in [-0.4, -0.2) is 11.1 Å². The van der Waals surface area contributed by atoms with Crippen LogP contribution in [0, 0.1) is 46.0 Å². The minimum atomic E-state index is -0.848. The molecule has 0 spiro atoms. The Bertz CT molecular complexity index is 291. The Balaban J connectivity index is -0.0000000171. The summed E-state index contributed by atoms with van der Waals surface area (Å²) < 4.78 is 45.0.